The lowest BCUT2D eigenvalue weighted by molar-refractivity contribution is -0.145. The number of imide groups is 1. The normalized spacial score (nSPS) is 24.9. The lowest BCUT2D eigenvalue weighted by Gasteiger charge is -2.19. The highest BCUT2D eigenvalue weighted by Gasteiger charge is 2.32. The molecule has 2 amide bonds. The number of carbonyl (C=O) groups excluding carboxylic acids is 3. The maximum atomic E-state index is 11.4. The molecule has 2 saturated heterocycles. The van der Waals surface area contributed by atoms with Gasteiger partial charge in [0, 0.05) is 32.5 Å². The van der Waals surface area contributed by atoms with Gasteiger partial charge >= 0.3 is 5.97 Å². The number of methoxy groups -OCH3 is 1. The topological polar surface area (TPSA) is 66.9 Å². The smallest absolute Gasteiger partial charge is 0.310 e. The quantitative estimate of drug-likeness (QED) is 0.506. The zero-order valence-electron chi connectivity index (χ0n) is 10.6. The number of carbonyl (C=O) groups is 3. The van der Waals surface area contributed by atoms with Crippen LogP contribution in [0.15, 0.2) is 0 Å². The number of esters is 1. The molecular weight excluding hydrogens is 236 g/mol. The van der Waals surface area contributed by atoms with Gasteiger partial charge in [0.05, 0.1) is 13.0 Å². The lowest BCUT2D eigenvalue weighted by atomic mass is 10.1. The molecule has 2 fully saturated rings. The Labute approximate surface area is 106 Å². The molecule has 0 bridgehead atoms. The van der Waals surface area contributed by atoms with E-state index in [-0.39, 0.29) is 23.7 Å². The van der Waals surface area contributed by atoms with E-state index in [1.54, 1.807) is 0 Å². The maximum absolute atomic E-state index is 11.4. The molecule has 2 rings (SSSR count). The van der Waals surface area contributed by atoms with E-state index in [9.17, 15) is 14.4 Å². The summed E-state index contributed by atoms with van der Waals surface area (Å²) in [7, 11) is 1.40. The molecule has 1 unspecified atom stereocenters. The van der Waals surface area contributed by atoms with Crippen LogP contribution in [0.25, 0.3) is 0 Å². The Morgan fingerprint density at radius 1 is 1.28 bits per heavy atom. The van der Waals surface area contributed by atoms with Gasteiger partial charge in [0.15, 0.2) is 0 Å². The van der Waals surface area contributed by atoms with Crippen LogP contribution in [-0.4, -0.2) is 60.9 Å². The van der Waals surface area contributed by atoms with Gasteiger partial charge in [0.1, 0.15) is 0 Å². The number of hydrogen-bond acceptors (Lipinski definition) is 5. The second-order valence-corrected chi connectivity index (χ2v) is 4.75. The minimum Gasteiger partial charge on any atom is -0.469 e. The first-order valence-electron chi connectivity index (χ1n) is 6.25. The predicted octanol–water partition coefficient (Wildman–Crippen LogP) is -0.370. The number of hydrogen-bond donors (Lipinski definition) is 0. The highest BCUT2D eigenvalue weighted by Crippen LogP contribution is 2.18. The minimum atomic E-state index is -0.175. The largest absolute Gasteiger partial charge is 0.469 e. The van der Waals surface area contributed by atoms with Gasteiger partial charge in [0.25, 0.3) is 0 Å². The van der Waals surface area contributed by atoms with E-state index in [0.29, 0.717) is 32.5 Å². The highest BCUT2D eigenvalue weighted by molar-refractivity contribution is 6.01. The first kappa shape index (κ1) is 13.0. The Morgan fingerprint density at radius 2 is 1.94 bits per heavy atom. The van der Waals surface area contributed by atoms with Gasteiger partial charge < -0.3 is 9.64 Å². The van der Waals surface area contributed by atoms with Crippen molar-refractivity contribution in [1.82, 2.24) is 9.80 Å². The van der Waals surface area contributed by atoms with Gasteiger partial charge in [0.2, 0.25) is 11.8 Å². The lowest BCUT2D eigenvalue weighted by Crippen LogP contribution is -2.37. The van der Waals surface area contributed by atoms with Crippen LogP contribution >= 0.6 is 0 Å². The second-order valence-electron chi connectivity index (χ2n) is 4.75. The molecule has 0 radical (unpaired) electrons. The van der Waals surface area contributed by atoms with Crippen LogP contribution in [0.2, 0.25) is 0 Å². The Bertz CT molecular complexity index is 353. The Kier molecular flexibility index (Phi) is 3.96. The summed E-state index contributed by atoms with van der Waals surface area (Å²) in [5.74, 6) is -0.404. The van der Waals surface area contributed by atoms with Gasteiger partial charge in [-0.25, -0.2) is 0 Å². The van der Waals surface area contributed by atoms with Crippen molar-refractivity contribution in [3.63, 3.8) is 0 Å². The molecule has 2 heterocycles. The molecule has 6 heteroatoms. The molecule has 0 aromatic rings. The van der Waals surface area contributed by atoms with E-state index < -0.39 is 0 Å². The molecule has 2 aliphatic heterocycles. The van der Waals surface area contributed by atoms with Crippen molar-refractivity contribution in [2.75, 3.05) is 33.3 Å². The molecule has 0 aliphatic carbocycles. The third-order valence-corrected chi connectivity index (χ3v) is 3.60. The van der Waals surface area contributed by atoms with Crippen molar-refractivity contribution in [1.29, 1.82) is 0 Å². The minimum absolute atomic E-state index is 0.0695. The van der Waals surface area contributed by atoms with Crippen LogP contribution in [0.4, 0.5) is 0 Å². The maximum Gasteiger partial charge on any atom is 0.310 e. The van der Waals surface area contributed by atoms with E-state index >= 15 is 0 Å². The first-order chi connectivity index (χ1) is 8.61. The standard InChI is InChI=1S/C12H18N2O4/c1-18-12(17)9-4-5-13(8-9)6-7-14-10(15)2-3-11(14)16/h9H,2-8H2,1H3. The van der Waals surface area contributed by atoms with Gasteiger partial charge in [-0.2, -0.15) is 0 Å². The van der Waals surface area contributed by atoms with Gasteiger partial charge in [-0.15, -0.1) is 0 Å². The van der Waals surface area contributed by atoms with E-state index in [1.807, 2.05) is 0 Å². The predicted molar refractivity (Wildman–Crippen MR) is 62.5 cm³/mol. The van der Waals surface area contributed by atoms with Crippen LogP contribution in [0, 0.1) is 5.92 Å². The molecule has 0 aromatic carbocycles. The summed E-state index contributed by atoms with van der Waals surface area (Å²) in [5, 5.41) is 0. The van der Waals surface area contributed by atoms with Gasteiger partial charge in [-0.3, -0.25) is 19.3 Å². The summed E-state index contributed by atoms with van der Waals surface area (Å²) < 4.78 is 4.71. The molecule has 0 N–H and O–H groups in total. The summed E-state index contributed by atoms with van der Waals surface area (Å²) >= 11 is 0. The number of rotatable bonds is 4. The average molecular weight is 254 g/mol. The fourth-order valence-electron chi connectivity index (χ4n) is 2.51. The molecule has 0 spiro atoms. The number of nitrogens with zero attached hydrogens (tertiary/aromatic N) is 2. The zero-order valence-corrected chi connectivity index (χ0v) is 10.6. The molecule has 0 aromatic heterocycles. The molecule has 2 aliphatic rings. The van der Waals surface area contributed by atoms with Crippen molar-refractivity contribution in [2.45, 2.75) is 19.3 Å². The van der Waals surface area contributed by atoms with E-state index in [1.165, 1.54) is 12.0 Å². The fraction of sp³-hybridized carbons (Fsp3) is 0.750. The second kappa shape index (κ2) is 5.48. The Morgan fingerprint density at radius 3 is 2.56 bits per heavy atom. The third kappa shape index (κ3) is 2.69. The molecule has 18 heavy (non-hydrogen) atoms. The molecule has 100 valence electrons. The summed E-state index contributed by atoms with van der Waals surface area (Å²) in [4.78, 5) is 37.6. The monoisotopic (exact) mass is 254 g/mol. The van der Waals surface area contributed by atoms with Crippen LogP contribution in [0.5, 0.6) is 0 Å². The van der Waals surface area contributed by atoms with Crippen LogP contribution < -0.4 is 0 Å². The van der Waals surface area contributed by atoms with Gasteiger partial charge in [-0.05, 0) is 13.0 Å². The van der Waals surface area contributed by atoms with E-state index in [0.717, 1.165) is 13.0 Å². The third-order valence-electron chi connectivity index (χ3n) is 3.60. The summed E-state index contributed by atoms with van der Waals surface area (Å²) in [6.45, 7) is 2.55. The van der Waals surface area contributed by atoms with Gasteiger partial charge in [-0.1, -0.05) is 0 Å². The fourth-order valence-corrected chi connectivity index (χ4v) is 2.51. The Hall–Kier alpha value is -1.43. The average Bonchev–Trinajstić information content (AvgIpc) is 2.95. The molecule has 1 atom stereocenters. The number of ether oxygens (including phenoxy) is 1. The number of amides is 2. The van der Waals surface area contributed by atoms with Crippen LogP contribution in [0.3, 0.4) is 0 Å². The first-order valence-corrected chi connectivity index (χ1v) is 6.25. The van der Waals surface area contributed by atoms with Crippen molar-refractivity contribution < 1.29 is 19.1 Å². The van der Waals surface area contributed by atoms with Crippen molar-refractivity contribution in [2.24, 2.45) is 5.92 Å². The molecular formula is C12H18N2O4. The number of likely N-dealkylation sites (tertiary alicyclic amines) is 2. The van der Waals surface area contributed by atoms with Crippen molar-refractivity contribution >= 4 is 17.8 Å². The van der Waals surface area contributed by atoms with Crippen LogP contribution in [0.1, 0.15) is 19.3 Å². The van der Waals surface area contributed by atoms with Crippen LogP contribution in [-0.2, 0) is 19.1 Å². The van der Waals surface area contributed by atoms with Crippen molar-refractivity contribution in [3.05, 3.63) is 0 Å². The SMILES string of the molecule is COC(=O)C1CCN(CCN2C(=O)CCC2=O)C1. The zero-order chi connectivity index (χ0) is 13.1. The van der Waals surface area contributed by atoms with E-state index in [2.05, 4.69) is 4.90 Å². The highest BCUT2D eigenvalue weighted by atomic mass is 16.5. The molecule has 6 nitrogen and oxygen atoms in total. The summed E-state index contributed by atoms with van der Waals surface area (Å²) in [5.41, 5.74) is 0. The summed E-state index contributed by atoms with van der Waals surface area (Å²) in [6.07, 6.45) is 1.46. The summed E-state index contributed by atoms with van der Waals surface area (Å²) in [6, 6.07) is 0. The van der Waals surface area contributed by atoms with E-state index in [4.69, 9.17) is 4.74 Å². The molecule has 0 saturated carbocycles. The Balaban J connectivity index is 1.77. The van der Waals surface area contributed by atoms with Crippen molar-refractivity contribution in [3.8, 4) is 0 Å².